The maximum atomic E-state index is 12.1. The van der Waals surface area contributed by atoms with Gasteiger partial charge in [-0.25, -0.2) is 0 Å². The molecular weight excluding hydrogens is 242 g/mol. The Bertz CT molecular complexity index is 448. The molecule has 5 nitrogen and oxygen atoms in total. The lowest BCUT2D eigenvalue weighted by atomic mass is 9.92. The molecule has 1 unspecified atom stereocenters. The molecular formula is C14H21N3O2. The maximum Gasteiger partial charge on any atom is 0.235 e. The summed E-state index contributed by atoms with van der Waals surface area (Å²) in [5.74, 6) is -0.245. The lowest BCUT2D eigenvalue weighted by molar-refractivity contribution is -0.140. The fraction of sp³-hybridized carbons (Fsp3) is 0.786. The highest BCUT2D eigenvalue weighted by Crippen LogP contribution is 2.32. The monoisotopic (exact) mass is 263 g/mol. The number of carbonyl (C=O) groups is 2. The van der Waals surface area contributed by atoms with E-state index >= 15 is 0 Å². The molecule has 0 bridgehead atoms. The van der Waals surface area contributed by atoms with Crippen molar-refractivity contribution < 1.29 is 9.59 Å². The number of hydrogen-bond donors (Lipinski definition) is 1. The van der Waals surface area contributed by atoms with Gasteiger partial charge in [0.1, 0.15) is 5.54 Å². The standard InChI is InChI=1S/C14H21N3O2/c1-13(2)8-11(18)17(12(13)19)7-6-14(3,9-15)16-10-4-5-10/h10,16H,4-8H2,1-3H3. The minimum absolute atomic E-state index is 0.121. The Balaban J connectivity index is 1.96. The Hall–Kier alpha value is -1.41. The number of nitriles is 1. The summed E-state index contributed by atoms with van der Waals surface area (Å²) in [6.45, 7) is 5.74. The fourth-order valence-electron chi connectivity index (χ4n) is 2.43. The van der Waals surface area contributed by atoms with Crippen LogP contribution < -0.4 is 5.32 Å². The van der Waals surface area contributed by atoms with Gasteiger partial charge in [-0.2, -0.15) is 5.26 Å². The molecule has 1 aliphatic heterocycles. The second-order valence-corrected chi connectivity index (χ2v) is 6.52. The first-order chi connectivity index (χ1) is 8.77. The molecule has 104 valence electrons. The van der Waals surface area contributed by atoms with E-state index in [0.29, 0.717) is 19.0 Å². The number of rotatable bonds is 5. The van der Waals surface area contributed by atoms with Crippen LogP contribution in [0.4, 0.5) is 0 Å². The molecule has 5 heteroatoms. The summed E-state index contributed by atoms with van der Waals surface area (Å²) in [5, 5.41) is 12.6. The van der Waals surface area contributed by atoms with Crippen LogP contribution >= 0.6 is 0 Å². The van der Waals surface area contributed by atoms with Crippen LogP contribution in [0.15, 0.2) is 0 Å². The lowest BCUT2D eigenvalue weighted by Gasteiger charge is -2.26. The topological polar surface area (TPSA) is 73.2 Å². The van der Waals surface area contributed by atoms with Crippen LogP contribution in [0, 0.1) is 16.7 Å². The van der Waals surface area contributed by atoms with E-state index in [1.807, 2.05) is 6.92 Å². The van der Waals surface area contributed by atoms with E-state index < -0.39 is 11.0 Å². The Morgan fingerprint density at radius 1 is 1.47 bits per heavy atom. The third kappa shape index (κ3) is 2.95. The van der Waals surface area contributed by atoms with Crippen molar-refractivity contribution in [3.63, 3.8) is 0 Å². The zero-order valence-corrected chi connectivity index (χ0v) is 11.8. The van der Waals surface area contributed by atoms with Gasteiger partial charge >= 0.3 is 0 Å². The molecule has 1 atom stereocenters. The smallest absolute Gasteiger partial charge is 0.235 e. The number of amides is 2. The van der Waals surface area contributed by atoms with E-state index in [0.717, 1.165) is 12.8 Å². The van der Waals surface area contributed by atoms with Gasteiger partial charge in [-0.15, -0.1) is 0 Å². The van der Waals surface area contributed by atoms with Crippen molar-refractivity contribution in [3.8, 4) is 6.07 Å². The minimum Gasteiger partial charge on any atom is -0.297 e. The molecule has 1 saturated heterocycles. The van der Waals surface area contributed by atoms with Crippen LogP contribution in [-0.4, -0.2) is 34.8 Å². The molecule has 2 rings (SSSR count). The molecule has 19 heavy (non-hydrogen) atoms. The first-order valence-corrected chi connectivity index (χ1v) is 6.81. The van der Waals surface area contributed by atoms with E-state index in [1.165, 1.54) is 4.90 Å². The maximum absolute atomic E-state index is 12.1. The number of nitrogens with one attached hydrogen (secondary N) is 1. The molecule has 0 spiro atoms. The van der Waals surface area contributed by atoms with Crippen LogP contribution in [-0.2, 0) is 9.59 Å². The van der Waals surface area contributed by atoms with Gasteiger partial charge in [0, 0.05) is 19.0 Å². The van der Waals surface area contributed by atoms with Crippen LogP contribution in [0.3, 0.4) is 0 Å². The predicted octanol–water partition coefficient (Wildman–Crippen LogP) is 1.20. The summed E-state index contributed by atoms with van der Waals surface area (Å²) in [6.07, 6.45) is 2.95. The Morgan fingerprint density at radius 2 is 2.11 bits per heavy atom. The van der Waals surface area contributed by atoms with E-state index in [2.05, 4.69) is 11.4 Å². The van der Waals surface area contributed by atoms with Crippen molar-refractivity contribution in [3.05, 3.63) is 0 Å². The van der Waals surface area contributed by atoms with Crippen molar-refractivity contribution >= 4 is 11.8 Å². The Kier molecular flexibility index (Phi) is 3.40. The molecule has 2 aliphatic rings. The highest BCUT2D eigenvalue weighted by atomic mass is 16.2. The van der Waals surface area contributed by atoms with Gasteiger partial charge < -0.3 is 0 Å². The summed E-state index contributed by atoms with van der Waals surface area (Å²) >= 11 is 0. The van der Waals surface area contributed by atoms with Gasteiger partial charge in [0.25, 0.3) is 0 Å². The van der Waals surface area contributed by atoms with E-state index in [-0.39, 0.29) is 18.2 Å². The van der Waals surface area contributed by atoms with Crippen LogP contribution in [0.1, 0.15) is 46.5 Å². The fourth-order valence-corrected chi connectivity index (χ4v) is 2.43. The van der Waals surface area contributed by atoms with Crippen LogP contribution in [0.25, 0.3) is 0 Å². The van der Waals surface area contributed by atoms with Crippen LogP contribution in [0.2, 0.25) is 0 Å². The zero-order chi connectivity index (χ0) is 14.3. The molecule has 0 radical (unpaired) electrons. The second kappa shape index (κ2) is 4.61. The Labute approximate surface area is 113 Å². The molecule has 0 aromatic rings. The van der Waals surface area contributed by atoms with Gasteiger partial charge in [-0.1, -0.05) is 13.8 Å². The summed E-state index contributed by atoms with van der Waals surface area (Å²) < 4.78 is 0. The highest BCUT2D eigenvalue weighted by molar-refractivity contribution is 6.05. The van der Waals surface area contributed by atoms with E-state index in [9.17, 15) is 14.9 Å². The number of nitrogens with zero attached hydrogens (tertiary/aromatic N) is 2. The third-order valence-corrected chi connectivity index (χ3v) is 3.90. The SMILES string of the molecule is CC(C#N)(CCN1C(=O)CC(C)(C)C1=O)NC1CC1. The lowest BCUT2D eigenvalue weighted by Crippen LogP contribution is -2.46. The van der Waals surface area contributed by atoms with E-state index in [1.54, 1.807) is 13.8 Å². The zero-order valence-electron chi connectivity index (χ0n) is 11.8. The Morgan fingerprint density at radius 3 is 2.53 bits per heavy atom. The molecule has 2 amide bonds. The van der Waals surface area contributed by atoms with E-state index in [4.69, 9.17) is 0 Å². The van der Waals surface area contributed by atoms with Gasteiger partial charge in [-0.3, -0.25) is 19.8 Å². The van der Waals surface area contributed by atoms with Crippen molar-refractivity contribution in [2.24, 2.45) is 5.41 Å². The predicted molar refractivity (Wildman–Crippen MR) is 69.9 cm³/mol. The van der Waals surface area contributed by atoms with Gasteiger partial charge in [0.2, 0.25) is 11.8 Å². The summed E-state index contributed by atoms with van der Waals surface area (Å²) in [7, 11) is 0. The minimum atomic E-state index is -0.658. The quantitative estimate of drug-likeness (QED) is 0.756. The highest BCUT2D eigenvalue weighted by Gasteiger charge is 2.45. The first-order valence-electron chi connectivity index (χ1n) is 6.81. The largest absolute Gasteiger partial charge is 0.297 e. The average molecular weight is 263 g/mol. The van der Waals surface area contributed by atoms with Crippen molar-refractivity contribution in [2.75, 3.05) is 6.54 Å². The average Bonchev–Trinajstić information content (AvgIpc) is 3.08. The number of likely N-dealkylation sites (tertiary alicyclic amines) is 1. The molecule has 2 fully saturated rings. The summed E-state index contributed by atoms with van der Waals surface area (Å²) in [6, 6.07) is 2.69. The second-order valence-electron chi connectivity index (χ2n) is 6.52. The molecule has 0 aromatic carbocycles. The van der Waals surface area contributed by atoms with Gasteiger partial charge in [0.05, 0.1) is 11.5 Å². The number of carbonyl (C=O) groups excluding carboxylic acids is 2. The molecule has 1 saturated carbocycles. The van der Waals surface area contributed by atoms with Crippen molar-refractivity contribution in [1.82, 2.24) is 10.2 Å². The third-order valence-electron chi connectivity index (χ3n) is 3.90. The molecule has 1 N–H and O–H groups in total. The molecule has 1 aliphatic carbocycles. The van der Waals surface area contributed by atoms with Crippen molar-refractivity contribution in [2.45, 2.75) is 58.0 Å². The molecule has 0 aromatic heterocycles. The summed E-state index contributed by atoms with van der Waals surface area (Å²) in [5.41, 5.74) is -1.25. The van der Waals surface area contributed by atoms with Crippen molar-refractivity contribution in [1.29, 1.82) is 5.26 Å². The molecule has 1 heterocycles. The van der Waals surface area contributed by atoms with Gasteiger partial charge in [0.15, 0.2) is 0 Å². The van der Waals surface area contributed by atoms with Crippen LogP contribution in [0.5, 0.6) is 0 Å². The van der Waals surface area contributed by atoms with Gasteiger partial charge in [-0.05, 0) is 26.2 Å². The normalized spacial score (nSPS) is 25.3. The summed E-state index contributed by atoms with van der Waals surface area (Å²) in [4.78, 5) is 25.2. The number of imide groups is 1. The first kappa shape index (κ1) is 14.0. The number of hydrogen-bond acceptors (Lipinski definition) is 4.